The summed E-state index contributed by atoms with van der Waals surface area (Å²) < 4.78 is 27.1. The Hall–Kier alpha value is -1.12. The lowest BCUT2D eigenvalue weighted by Gasteiger charge is -2.15. The summed E-state index contributed by atoms with van der Waals surface area (Å²) in [5, 5.41) is 0.0806. The van der Waals surface area contributed by atoms with Crippen LogP contribution in [0.2, 0.25) is 5.02 Å². The summed E-state index contributed by atoms with van der Waals surface area (Å²) in [6.45, 7) is 0. The zero-order chi connectivity index (χ0) is 13.8. The second kappa shape index (κ2) is 6.36. The van der Waals surface area contributed by atoms with Crippen molar-refractivity contribution in [2.45, 2.75) is 12.3 Å². The number of halogens is 4. The van der Waals surface area contributed by atoms with Gasteiger partial charge in [0.25, 0.3) is 0 Å². The number of rotatable bonds is 4. The van der Waals surface area contributed by atoms with Crippen LogP contribution in [0.1, 0.15) is 17.0 Å². The van der Waals surface area contributed by atoms with Gasteiger partial charge in [-0.3, -0.25) is 0 Å². The van der Waals surface area contributed by atoms with Crippen LogP contribution in [0.3, 0.4) is 0 Å². The standard InChI is InChI=1S/C15H12Cl2F2/c16-9-11(12-3-1-2-4-14(12)18)7-10-5-6-13(17)15(19)8-10/h1-6,8,11H,7,9H2. The van der Waals surface area contributed by atoms with Crippen LogP contribution < -0.4 is 0 Å². The predicted molar refractivity (Wildman–Crippen MR) is 75.0 cm³/mol. The molecule has 4 heteroatoms. The summed E-state index contributed by atoms with van der Waals surface area (Å²) in [6, 6.07) is 11.1. The molecule has 0 aliphatic carbocycles. The molecule has 0 aliphatic rings. The minimum atomic E-state index is -0.471. The Kier molecular flexibility index (Phi) is 4.78. The van der Waals surface area contributed by atoms with Crippen LogP contribution in [0.4, 0.5) is 8.78 Å². The van der Waals surface area contributed by atoms with Crippen molar-refractivity contribution in [2.24, 2.45) is 0 Å². The van der Waals surface area contributed by atoms with E-state index < -0.39 is 5.82 Å². The third-order valence-electron chi connectivity index (χ3n) is 3.00. The molecule has 0 spiro atoms. The molecule has 100 valence electrons. The van der Waals surface area contributed by atoms with Crippen LogP contribution in [0.15, 0.2) is 42.5 Å². The van der Waals surface area contributed by atoms with Gasteiger partial charge in [0.15, 0.2) is 0 Å². The van der Waals surface area contributed by atoms with E-state index in [1.165, 1.54) is 18.2 Å². The van der Waals surface area contributed by atoms with Crippen molar-refractivity contribution in [3.05, 3.63) is 70.2 Å². The van der Waals surface area contributed by atoms with Gasteiger partial charge in [-0.15, -0.1) is 11.6 Å². The van der Waals surface area contributed by atoms with E-state index in [0.717, 1.165) is 5.56 Å². The van der Waals surface area contributed by atoms with Gasteiger partial charge >= 0.3 is 0 Å². The van der Waals surface area contributed by atoms with E-state index in [1.807, 2.05) is 0 Å². The molecule has 2 aromatic carbocycles. The zero-order valence-electron chi connectivity index (χ0n) is 10.0. The molecule has 0 saturated carbocycles. The van der Waals surface area contributed by atoms with Crippen LogP contribution >= 0.6 is 23.2 Å². The van der Waals surface area contributed by atoms with Gasteiger partial charge < -0.3 is 0 Å². The molecular weight excluding hydrogens is 289 g/mol. The Bertz CT molecular complexity index is 570. The molecule has 0 bridgehead atoms. The van der Waals surface area contributed by atoms with Crippen molar-refractivity contribution in [1.29, 1.82) is 0 Å². The summed E-state index contributed by atoms with van der Waals surface area (Å²) in [4.78, 5) is 0. The van der Waals surface area contributed by atoms with Crippen LogP contribution in [0.5, 0.6) is 0 Å². The monoisotopic (exact) mass is 300 g/mol. The van der Waals surface area contributed by atoms with Crippen molar-refractivity contribution < 1.29 is 8.78 Å². The fourth-order valence-electron chi connectivity index (χ4n) is 2.00. The van der Waals surface area contributed by atoms with E-state index in [-0.39, 0.29) is 22.6 Å². The maximum absolute atomic E-state index is 13.7. The Morgan fingerprint density at radius 1 is 1.00 bits per heavy atom. The molecule has 0 fully saturated rings. The molecule has 2 aromatic rings. The molecule has 19 heavy (non-hydrogen) atoms. The highest BCUT2D eigenvalue weighted by molar-refractivity contribution is 6.30. The van der Waals surface area contributed by atoms with Crippen LogP contribution in [0, 0.1) is 11.6 Å². The second-order valence-electron chi connectivity index (χ2n) is 4.33. The molecule has 0 nitrogen and oxygen atoms in total. The number of hydrogen-bond donors (Lipinski definition) is 0. The molecule has 2 rings (SSSR count). The van der Waals surface area contributed by atoms with E-state index in [2.05, 4.69) is 0 Å². The average Bonchev–Trinajstić information content (AvgIpc) is 2.41. The molecule has 0 amide bonds. The van der Waals surface area contributed by atoms with Gasteiger partial charge in [0, 0.05) is 11.8 Å². The number of alkyl halides is 1. The van der Waals surface area contributed by atoms with Crippen molar-refractivity contribution in [2.75, 3.05) is 5.88 Å². The quantitative estimate of drug-likeness (QED) is 0.682. The van der Waals surface area contributed by atoms with Gasteiger partial charge in [-0.2, -0.15) is 0 Å². The normalized spacial score (nSPS) is 12.4. The van der Waals surface area contributed by atoms with Gasteiger partial charge in [0.2, 0.25) is 0 Å². The average molecular weight is 301 g/mol. The van der Waals surface area contributed by atoms with E-state index in [4.69, 9.17) is 23.2 Å². The molecule has 0 saturated heterocycles. The first-order valence-corrected chi connectivity index (χ1v) is 6.77. The topological polar surface area (TPSA) is 0 Å². The first-order chi connectivity index (χ1) is 9.11. The lowest BCUT2D eigenvalue weighted by Crippen LogP contribution is -2.07. The van der Waals surface area contributed by atoms with Gasteiger partial charge in [-0.1, -0.05) is 35.9 Å². The Morgan fingerprint density at radius 3 is 2.37 bits per heavy atom. The summed E-state index contributed by atoms with van der Waals surface area (Å²) >= 11 is 11.5. The number of benzene rings is 2. The fraction of sp³-hybridized carbons (Fsp3) is 0.200. The highest BCUT2D eigenvalue weighted by atomic mass is 35.5. The van der Waals surface area contributed by atoms with Crippen molar-refractivity contribution in [1.82, 2.24) is 0 Å². The van der Waals surface area contributed by atoms with Crippen molar-refractivity contribution >= 4 is 23.2 Å². The van der Waals surface area contributed by atoms with Crippen LogP contribution in [-0.2, 0) is 6.42 Å². The van der Waals surface area contributed by atoms with Gasteiger partial charge in [-0.25, -0.2) is 8.78 Å². The lowest BCUT2D eigenvalue weighted by atomic mass is 9.93. The Labute approximate surface area is 121 Å². The molecular formula is C15H12Cl2F2. The van der Waals surface area contributed by atoms with Crippen LogP contribution in [0.25, 0.3) is 0 Å². The van der Waals surface area contributed by atoms with E-state index in [1.54, 1.807) is 24.3 Å². The molecule has 1 atom stereocenters. The van der Waals surface area contributed by atoms with Gasteiger partial charge in [0.05, 0.1) is 5.02 Å². The SMILES string of the molecule is Fc1cc(CC(CCl)c2ccccc2F)ccc1Cl. The number of hydrogen-bond acceptors (Lipinski definition) is 0. The van der Waals surface area contributed by atoms with Crippen LogP contribution in [-0.4, -0.2) is 5.88 Å². The lowest BCUT2D eigenvalue weighted by molar-refractivity contribution is 0.587. The first kappa shape index (κ1) is 14.3. The highest BCUT2D eigenvalue weighted by Crippen LogP contribution is 2.26. The second-order valence-corrected chi connectivity index (χ2v) is 5.04. The zero-order valence-corrected chi connectivity index (χ0v) is 11.6. The summed E-state index contributed by atoms with van der Waals surface area (Å²) in [5.74, 6) is -0.683. The van der Waals surface area contributed by atoms with Crippen molar-refractivity contribution in [3.8, 4) is 0 Å². The predicted octanol–water partition coefficient (Wildman–Crippen LogP) is 5.18. The first-order valence-electron chi connectivity index (χ1n) is 5.86. The third kappa shape index (κ3) is 3.46. The molecule has 0 aromatic heterocycles. The molecule has 1 unspecified atom stereocenters. The molecule has 0 heterocycles. The Morgan fingerprint density at radius 2 is 1.74 bits per heavy atom. The summed E-state index contributed by atoms with van der Waals surface area (Å²) in [5.41, 5.74) is 1.30. The van der Waals surface area contributed by atoms with Crippen molar-refractivity contribution in [3.63, 3.8) is 0 Å². The van der Waals surface area contributed by atoms with E-state index >= 15 is 0 Å². The molecule has 0 aliphatic heterocycles. The largest absolute Gasteiger partial charge is 0.207 e. The maximum atomic E-state index is 13.7. The molecule has 0 N–H and O–H groups in total. The van der Waals surface area contributed by atoms with E-state index in [9.17, 15) is 8.78 Å². The molecule has 0 radical (unpaired) electrons. The maximum Gasteiger partial charge on any atom is 0.142 e. The Balaban J connectivity index is 2.24. The highest BCUT2D eigenvalue weighted by Gasteiger charge is 2.15. The smallest absolute Gasteiger partial charge is 0.142 e. The minimum Gasteiger partial charge on any atom is -0.207 e. The summed E-state index contributed by atoms with van der Waals surface area (Å²) in [7, 11) is 0. The minimum absolute atomic E-state index is 0.0806. The summed E-state index contributed by atoms with van der Waals surface area (Å²) in [6.07, 6.45) is 0.471. The fourth-order valence-corrected chi connectivity index (χ4v) is 2.40. The third-order valence-corrected chi connectivity index (χ3v) is 3.68. The van der Waals surface area contributed by atoms with E-state index in [0.29, 0.717) is 12.0 Å². The van der Waals surface area contributed by atoms with Gasteiger partial charge in [0.1, 0.15) is 11.6 Å². The van der Waals surface area contributed by atoms with Gasteiger partial charge in [-0.05, 0) is 35.7 Å².